The Hall–Kier alpha value is -0.200. The zero-order chi connectivity index (χ0) is 8.43. The van der Waals surface area contributed by atoms with Crippen LogP contribution in [0.2, 0.25) is 0 Å². The molecule has 0 unspecified atom stereocenters. The molecule has 0 radical (unpaired) electrons. The second-order valence-corrected chi connectivity index (χ2v) is 2.74. The highest BCUT2D eigenvalue weighted by Gasteiger charge is 2.36. The van der Waals surface area contributed by atoms with Gasteiger partial charge >= 0.3 is 0 Å². The van der Waals surface area contributed by atoms with Crippen LogP contribution in [0.4, 0.5) is 0 Å². The van der Waals surface area contributed by atoms with Crippen LogP contribution in [0.25, 0.3) is 0 Å². The van der Waals surface area contributed by atoms with Crippen molar-refractivity contribution < 1.29 is 20.4 Å². The van der Waals surface area contributed by atoms with Gasteiger partial charge in [-0.05, 0) is 0 Å². The Morgan fingerprint density at radius 3 is 2.45 bits per heavy atom. The molecule has 0 spiro atoms. The molecule has 11 heavy (non-hydrogen) atoms. The molecule has 1 fully saturated rings. The van der Waals surface area contributed by atoms with Crippen LogP contribution in [-0.2, 0) is 0 Å². The minimum atomic E-state index is -1.01. The molecule has 5 heteroatoms. The van der Waals surface area contributed by atoms with E-state index < -0.39 is 31.0 Å². The fraction of sp³-hybridized carbons (Fsp3) is 1.00. The molecule has 5 N–H and O–H groups in total. The van der Waals surface area contributed by atoms with Gasteiger partial charge in [-0.15, -0.1) is 0 Å². The lowest BCUT2D eigenvalue weighted by atomic mass is 10.1. The second-order valence-electron chi connectivity index (χ2n) is 2.74. The van der Waals surface area contributed by atoms with Gasteiger partial charge < -0.3 is 25.7 Å². The van der Waals surface area contributed by atoms with Crippen LogP contribution in [-0.4, -0.2) is 57.9 Å². The van der Waals surface area contributed by atoms with E-state index in [2.05, 4.69) is 5.32 Å². The maximum atomic E-state index is 9.18. The van der Waals surface area contributed by atoms with Gasteiger partial charge in [-0.1, -0.05) is 0 Å². The van der Waals surface area contributed by atoms with E-state index in [9.17, 15) is 5.11 Å². The Morgan fingerprint density at radius 2 is 2.09 bits per heavy atom. The molecule has 1 saturated heterocycles. The van der Waals surface area contributed by atoms with Crippen LogP contribution in [0.3, 0.4) is 0 Å². The summed E-state index contributed by atoms with van der Waals surface area (Å²) in [5.41, 5.74) is 0. The highest BCUT2D eigenvalue weighted by molar-refractivity contribution is 4.94. The van der Waals surface area contributed by atoms with E-state index in [-0.39, 0.29) is 6.54 Å². The molecule has 4 atom stereocenters. The van der Waals surface area contributed by atoms with E-state index in [1.165, 1.54) is 0 Å². The minimum absolute atomic E-state index is 0.253. The van der Waals surface area contributed by atoms with Gasteiger partial charge in [0, 0.05) is 6.54 Å². The van der Waals surface area contributed by atoms with Crippen LogP contribution >= 0.6 is 0 Å². The van der Waals surface area contributed by atoms with E-state index in [1.807, 2.05) is 0 Å². The summed E-state index contributed by atoms with van der Waals surface area (Å²) in [6, 6.07) is -0.616. The lowest BCUT2D eigenvalue weighted by Crippen LogP contribution is -2.44. The summed E-state index contributed by atoms with van der Waals surface area (Å²) >= 11 is 0. The topological polar surface area (TPSA) is 93.0 Å². The first-order valence-corrected chi connectivity index (χ1v) is 3.55. The quantitative estimate of drug-likeness (QED) is 0.300. The summed E-state index contributed by atoms with van der Waals surface area (Å²) in [5.74, 6) is 0. The Labute approximate surface area is 64.3 Å². The monoisotopic (exact) mass is 163 g/mol. The van der Waals surface area contributed by atoms with Crippen molar-refractivity contribution in [3.63, 3.8) is 0 Å². The zero-order valence-electron chi connectivity index (χ0n) is 6.01. The molecule has 0 aliphatic carbocycles. The molecule has 1 aliphatic heterocycles. The number of nitrogens with one attached hydrogen (secondary N) is 1. The standard InChI is InChI=1S/C6H13NO4/c8-2-4(10)5-6(11)3(9)1-7-5/h3-11H,1-2H2/t3-,4-,5-,6+/m0/s1. The molecule has 0 aromatic rings. The summed E-state index contributed by atoms with van der Waals surface area (Å²) in [5, 5.41) is 38.5. The molecule has 0 bridgehead atoms. The number of rotatable bonds is 2. The smallest absolute Gasteiger partial charge is 0.0990 e. The Balaban J connectivity index is 2.47. The summed E-state index contributed by atoms with van der Waals surface area (Å²) in [7, 11) is 0. The van der Waals surface area contributed by atoms with Gasteiger partial charge in [0.1, 0.15) is 0 Å². The van der Waals surface area contributed by atoms with Crippen molar-refractivity contribution in [2.24, 2.45) is 0 Å². The predicted octanol–water partition coefficient (Wildman–Crippen LogP) is -2.97. The molecule has 0 aromatic heterocycles. The maximum Gasteiger partial charge on any atom is 0.0990 e. The minimum Gasteiger partial charge on any atom is -0.394 e. The van der Waals surface area contributed by atoms with E-state index in [0.29, 0.717) is 0 Å². The number of hydrogen-bond donors (Lipinski definition) is 5. The van der Waals surface area contributed by atoms with Crippen molar-refractivity contribution in [3.8, 4) is 0 Å². The third kappa shape index (κ3) is 1.69. The van der Waals surface area contributed by atoms with Crippen molar-refractivity contribution in [2.45, 2.75) is 24.4 Å². The average Bonchev–Trinajstić information content (AvgIpc) is 2.32. The van der Waals surface area contributed by atoms with E-state index in [0.717, 1.165) is 0 Å². The molecule has 1 heterocycles. The molecular formula is C6H13NO4. The normalized spacial score (nSPS) is 40.9. The molecule has 1 rings (SSSR count). The maximum absolute atomic E-state index is 9.18. The number of β-amino-alcohol motifs (C(OH)–C–C–N with tert-alkyl or cyclic N) is 1. The summed E-state index contributed by atoms with van der Waals surface area (Å²) in [6.45, 7) is -0.162. The zero-order valence-corrected chi connectivity index (χ0v) is 6.01. The van der Waals surface area contributed by atoms with Gasteiger partial charge in [0.25, 0.3) is 0 Å². The Kier molecular flexibility index (Phi) is 2.80. The van der Waals surface area contributed by atoms with Gasteiger partial charge in [0.2, 0.25) is 0 Å². The molecule has 0 saturated carbocycles. The van der Waals surface area contributed by atoms with Crippen molar-refractivity contribution in [1.82, 2.24) is 5.32 Å². The molecule has 1 aliphatic rings. The fourth-order valence-corrected chi connectivity index (χ4v) is 1.21. The van der Waals surface area contributed by atoms with Crippen molar-refractivity contribution in [1.29, 1.82) is 0 Å². The summed E-state index contributed by atoms with van der Waals surface area (Å²) in [4.78, 5) is 0. The number of hydrogen-bond acceptors (Lipinski definition) is 5. The summed E-state index contributed by atoms with van der Waals surface area (Å²) in [6.07, 6.45) is -2.85. The largest absolute Gasteiger partial charge is 0.394 e. The Morgan fingerprint density at radius 1 is 1.45 bits per heavy atom. The first kappa shape index (κ1) is 8.89. The lowest BCUT2D eigenvalue weighted by molar-refractivity contribution is -0.00977. The van der Waals surface area contributed by atoms with Crippen LogP contribution in [0.1, 0.15) is 0 Å². The van der Waals surface area contributed by atoms with Crippen molar-refractivity contribution in [3.05, 3.63) is 0 Å². The van der Waals surface area contributed by atoms with Crippen molar-refractivity contribution >= 4 is 0 Å². The number of aliphatic hydroxyl groups is 4. The first-order valence-electron chi connectivity index (χ1n) is 3.55. The van der Waals surface area contributed by atoms with Gasteiger partial charge in [-0.25, -0.2) is 0 Å². The molecular weight excluding hydrogens is 150 g/mol. The molecule has 66 valence electrons. The highest BCUT2D eigenvalue weighted by atomic mass is 16.3. The Bertz CT molecular complexity index is 132. The van der Waals surface area contributed by atoms with E-state index in [1.54, 1.807) is 0 Å². The van der Waals surface area contributed by atoms with Crippen LogP contribution in [0.5, 0.6) is 0 Å². The molecule has 5 nitrogen and oxygen atoms in total. The van der Waals surface area contributed by atoms with Gasteiger partial charge in [-0.3, -0.25) is 0 Å². The van der Waals surface area contributed by atoms with E-state index in [4.69, 9.17) is 15.3 Å². The van der Waals surface area contributed by atoms with Gasteiger partial charge in [-0.2, -0.15) is 0 Å². The van der Waals surface area contributed by atoms with Gasteiger partial charge in [0.05, 0.1) is 31.0 Å². The summed E-state index contributed by atoms with van der Waals surface area (Å²) < 4.78 is 0. The van der Waals surface area contributed by atoms with Crippen LogP contribution in [0, 0.1) is 0 Å². The third-order valence-electron chi connectivity index (χ3n) is 1.93. The first-order chi connectivity index (χ1) is 5.16. The van der Waals surface area contributed by atoms with Crippen LogP contribution < -0.4 is 5.32 Å². The van der Waals surface area contributed by atoms with Gasteiger partial charge in [0.15, 0.2) is 0 Å². The van der Waals surface area contributed by atoms with Crippen LogP contribution in [0.15, 0.2) is 0 Å². The fourth-order valence-electron chi connectivity index (χ4n) is 1.21. The van der Waals surface area contributed by atoms with Crippen molar-refractivity contribution in [2.75, 3.05) is 13.2 Å². The SMILES string of the molecule is OC[C@H](O)[C@@H]1NC[C@H](O)[C@H]1O. The highest BCUT2D eigenvalue weighted by Crippen LogP contribution is 2.10. The predicted molar refractivity (Wildman–Crippen MR) is 36.9 cm³/mol. The van der Waals surface area contributed by atoms with E-state index >= 15 is 0 Å². The molecule has 0 amide bonds. The number of aliphatic hydroxyl groups excluding tert-OH is 4. The third-order valence-corrected chi connectivity index (χ3v) is 1.93. The lowest BCUT2D eigenvalue weighted by Gasteiger charge is -2.19. The molecule has 0 aromatic carbocycles. The second kappa shape index (κ2) is 3.46. The average molecular weight is 163 g/mol.